The van der Waals surface area contributed by atoms with Crippen LogP contribution >= 0.6 is 15.9 Å². The first-order valence-corrected chi connectivity index (χ1v) is 7.80. The zero-order valence-electron chi connectivity index (χ0n) is 10.6. The Labute approximate surface area is 112 Å². The number of morpholine rings is 1. The highest BCUT2D eigenvalue weighted by Gasteiger charge is 2.43. The first-order chi connectivity index (χ1) is 8.23. The van der Waals surface area contributed by atoms with Crippen molar-refractivity contribution < 1.29 is 9.53 Å². The van der Waals surface area contributed by atoms with Crippen LogP contribution in [0.1, 0.15) is 39.0 Å². The fraction of sp³-hybridized carbons (Fsp3) is 0.923. The highest BCUT2D eigenvalue weighted by atomic mass is 79.9. The SMILES string of the molecule is CCC1(C(=O)N2CCOCC2CBr)CCCC1. The van der Waals surface area contributed by atoms with Gasteiger partial charge in [-0.3, -0.25) is 4.79 Å². The Kier molecular flexibility index (Phi) is 4.47. The van der Waals surface area contributed by atoms with Gasteiger partial charge in [0.15, 0.2) is 0 Å². The lowest BCUT2D eigenvalue weighted by atomic mass is 9.81. The van der Waals surface area contributed by atoms with Crippen LogP contribution in [0, 0.1) is 5.41 Å². The van der Waals surface area contributed by atoms with Crippen molar-refractivity contribution in [1.29, 1.82) is 0 Å². The number of carbonyl (C=O) groups excluding carboxylic acids is 1. The van der Waals surface area contributed by atoms with Gasteiger partial charge in [0.2, 0.25) is 5.91 Å². The third-order valence-electron chi connectivity index (χ3n) is 4.36. The van der Waals surface area contributed by atoms with E-state index in [4.69, 9.17) is 4.74 Å². The van der Waals surface area contributed by atoms with Crippen LogP contribution in [0.2, 0.25) is 0 Å². The van der Waals surface area contributed by atoms with E-state index >= 15 is 0 Å². The van der Waals surface area contributed by atoms with Gasteiger partial charge in [0, 0.05) is 17.3 Å². The maximum atomic E-state index is 12.8. The van der Waals surface area contributed by atoms with Gasteiger partial charge in [-0.2, -0.15) is 0 Å². The van der Waals surface area contributed by atoms with Crippen molar-refractivity contribution in [2.24, 2.45) is 5.41 Å². The van der Waals surface area contributed by atoms with Crippen LogP contribution in [-0.4, -0.2) is 41.9 Å². The van der Waals surface area contributed by atoms with Crippen molar-refractivity contribution in [2.75, 3.05) is 25.1 Å². The highest BCUT2D eigenvalue weighted by molar-refractivity contribution is 9.09. The zero-order valence-corrected chi connectivity index (χ0v) is 12.2. The summed E-state index contributed by atoms with van der Waals surface area (Å²) in [6, 6.07) is 0.222. The molecule has 0 radical (unpaired) electrons. The number of ether oxygens (including phenoxy) is 1. The molecule has 1 unspecified atom stereocenters. The van der Waals surface area contributed by atoms with Crippen molar-refractivity contribution in [3.63, 3.8) is 0 Å². The highest BCUT2D eigenvalue weighted by Crippen LogP contribution is 2.43. The van der Waals surface area contributed by atoms with Gasteiger partial charge in [-0.05, 0) is 19.3 Å². The number of rotatable bonds is 3. The van der Waals surface area contributed by atoms with Gasteiger partial charge in [-0.25, -0.2) is 0 Å². The summed E-state index contributed by atoms with van der Waals surface area (Å²) in [5.74, 6) is 0.380. The average molecular weight is 304 g/mol. The molecule has 4 heteroatoms. The second-order valence-electron chi connectivity index (χ2n) is 5.22. The summed E-state index contributed by atoms with van der Waals surface area (Å²) in [6.45, 7) is 4.29. The maximum Gasteiger partial charge on any atom is 0.229 e. The standard InChI is InChI=1S/C13H22BrNO2/c1-2-13(5-3-4-6-13)12(16)15-7-8-17-10-11(15)9-14/h11H,2-10H2,1H3. The Morgan fingerprint density at radius 2 is 2.18 bits per heavy atom. The summed E-state index contributed by atoms with van der Waals surface area (Å²) in [5.41, 5.74) is -0.0578. The van der Waals surface area contributed by atoms with Crippen LogP contribution in [0.15, 0.2) is 0 Å². The summed E-state index contributed by atoms with van der Waals surface area (Å²) >= 11 is 3.49. The van der Waals surface area contributed by atoms with E-state index in [1.807, 2.05) is 0 Å². The summed E-state index contributed by atoms with van der Waals surface area (Å²) in [6.07, 6.45) is 5.56. The van der Waals surface area contributed by atoms with Crippen LogP contribution in [0.5, 0.6) is 0 Å². The van der Waals surface area contributed by atoms with Gasteiger partial charge in [0.1, 0.15) is 0 Å². The van der Waals surface area contributed by atoms with Crippen LogP contribution in [0.4, 0.5) is 0 Å². The number of alkyl halides is 1. The third kappa shape index (κ3) is 2.53. The Hall–Kier alpha value is -0.0900. The van der Waals surface area contributed by atoms with Gasteiger partial charge in [-0.15, -0.1) is 0 Å². The minimum absolute atomic E-state index is 0.0578. The Morgan fingerprint density at radius 1 is 1.47 bits per heavy atom. The monoisotopic (exact) mass is 303 g/mol. The largest absolute Gasteiger partial charge is 0.377 e. The molecule has 1 atom stereocenters. The predicted molar refractivity (Wildman–Crippen MR) is 71.3 cm³/mol. The fourth-order valence-electron chi connectivity index (χ4n) is 3.13. The molecule has 0 aromatic rings. The molecule has 1 saturated heterocycles. The predicted octanol–water partition coefficient (Wildman–Crippen LogP) is 2.58. The van der Waals surface area contributed by atoms with Crippen LogP contribution < -0.4 is 0 Å². The molecule has 1 aliphatic carbocycles. The lowest BCUT2D eigenvalue weighted by Gasteiger charge is -2.40. The summed E-state index contributed by atoms with van der Waals surface area (Å²) in [4.78, 5) is 14.8. The molecule has 0 N–H and O–H groups in total. The quantitative estimate of drug-likeness (QED) is 0.750. The first-order valence-electron chi connectivity index (χ1n) is 6.68. The lowest BCUT2D eigenvalue weighted by molar-refractivity contribution is -0.150. The smallest absolute Gasteiger partial charge is 0.229 e. The molecular formula is C13H22BrNO2. The van der Waals surface area contributed by atoms with E-state index in [9.17, 15) is 4.79 Å². The van der Waals surface area contributed by atoms with E-state index in [0.717, 1.165) is 31.1 Å². The molecule has 3 nitrogen and oxygen atoms in total. The second kappa shape index (κ2) is 5.70. The minimum Gasteiger partial charge on any atom is -0.377 e. The second-order valence-corrected chi connectivity index (χ2v) is 5.87. The van der Waals surface area contributed by atoms with Crippen molar-refractivity contribution in [1.82, 2.24) is 4.90 Å². The van der Waals surface area contributed by atoms with E-state index in [-0.39, 0.29) is 11.5 Å². The van der Waals surface area contributed by atoms with E-state index in [0.29, 0.717) is 19.1 Å². The fourth-order valence-corrected chi connectivity index (χ4v) is 3.66. The first kappa shape index (κ1) is 13.3. The molecule has 1 aliphatic heterocycles. The molecule has 2 aliphatic rings. The van der Waals surface area contributed by atoms with E-state index in [1.165, 1.54) is 12.8 Å². The number of amides is 1. The van der Waals surface area contributed by atoms with Gasteiger partial charge in [0.25, 0.3) is 0 Å². The Balaban J connectivity index is 2.11. The summed E-state index contributed by atoms with van der Waals surface area (Å²) in [7, 11) is 0. The molecule has 0 aromatic heterocycles. The maximum absolute atomic E-state index is 12.8. The van der Waals surface area contributed by atoms with E-state index in [2.05, 4.69) is 27.8 Å². The summed E-state index contributed by atoms with van der Waals surface area (Å²) in [5, 5.41) is 0.818. The van der Waals surface area contributed by atoms with Crippen LogP contribution in [-0.2, 0) is 9.53 Å². The normalized spacial score (nSPS) is 28.4. The average Bonchev–Trinajstić information content (AvgIpc) is 2.88. The molecular weight excluding hydrogens is 282 g/mol. The molecule has 0 spiro atoms. The molecule has 98 valence electrons. The van der Waals surface area contributed by atoms with Gasteiger partial charge >= 0.3 is 0 Å². The van der Waals surface area contributed by atoms with Crippen molar-refractivity contribution in [2.45, 2.75) is 45.1 Å². The molecule has 2 fully saturated rings. The van der Waals surface area contributed by atoms with Crippen molar-refractivity contribution in [3.8, 4) is 0 Å². The van der Waals surface area contributed by atoms with Crippen LogP contribution in [0.25, 0.3) is 0 Å². The topological polar surface area (TPSA) is 29.5 Å². The van der Waals surface area contributed by atoms with Gasteiger partial charge in [-0.1, -0.05) is 35.7 Å². The molecule has 1 amide bonds. The number of hydrogen-bond acceptors (Lipinski definition) is 2. The molecule has 0 bridgehead atoms. The third-order valence-corrected chi connectivity index (χ3v) is 5.11. The molecule has 1 saturated carbocycles. The zero-order chi connectivity index (χ0) is 12.3. The van der Waals surface area contributed by atoms with Crippen molar-refractivity contribution in [3.05, 3.63) is 0 Å². The van der Waals surface area contributed by atoms with E-state index in [1.54, 1.807) is 0 Å². The number of halogens is 1. The number of carbonyl (C=O) groups is 1. The van der Waals surface area contributed by atoms with Crippen LogP contribution in [0.3, 0.4) is 0 Å². The van der Waals surface area contributed by atoms with Gasteiger partial charge in [0.05, 0.1) is 19.3 Å². The van der Waals surface area contributed by atoms with Crippen molar-refractivity contribution >= 4 is 21.8 Å². The van der Waals surface area contributed by atoms with E-state index < -0.39 is 0 Å². The number of nitrogens with zero attached hydrogens (tertiary/aromatic N) is 1. The molecule has 2 rings (SSSR count). The Morgan fingerprint density at radius 3 is 2.76 bits per heavy atom. The Bertz CT molecular complexity index is 277. The molecule has 0 aromatic carbocycles. The number of hydrogen-bond donors (Lipinski definition) is 0. The molecule has 1 heterocycles. The summed E-state index contributed by atoms with van der Waals surface area (Å²) < 4.78 is 5.46. The molecule has 17 heavy (non-hydrogen) atoms. The van der Waals surface area contributed by atoms with Gasteiger partial charge < -0.3 is 9.64 Å². The minimum atomic E-state index is -0.0578. The lowest BCUT2D eigenvalue weighted by Crippen LogP contribution is -2.54.